The molecule has 4 nitrogen and oxygen atoms in total. The third-order valence-corrected chi connectivity index (χ3v) is 5.88. The highest BCUT2D eigenvalue weighted by Gasteiger charge is 2.22. The molecule has 1 N–H and O–H groups in total. The SMILES string of the molecule is Cn1cc(C(OCc2ccc(F)cc2)c2cccc(-c3ccc(F)cc3)c2)c2ccnc(O)c21. The Bertz CT molecular complexity index is 1440. The molecular formula is C28H22F2N2O2. The minimum absolute atomic E-state index is 0.0522. The van der Waals surface area contributed by atoms with Crippen LogP contribution in [0, 0.1) is 11.6 Å². The van der Waals surface area contributed by atoms with Gasteiger partial charge in [0.1, 0.15) is 23.3 Å². The summed E-state index contributed by atoms with van der Waals surface area (Å²) >= 11 is 0. The third kappa shape index (κ3) is 4.28. The second kappa shape index (κ2) is 9.08. The maximum Gasteiger partial charge on any atom is 0.236 e. The fourth-order valence-electron chi connectivity index (χ4n) is 4.22. The molecule has 6 heteroatoms. The van der Waals surface area contributed by atoms with E-state index in [4.69, 9.17) is 4.74 Å². The van der Waals surface area contributed by atoms with Crippen LogP contribution >= 0.6 is 0 Å². The van der Waals surface area contributed by atoms with Crippen LogP contribution < -0.4 is 0 Å². The summed E-state index contributed by atoms with van der Waals surface area (Å²) < 4.78 is 35.0. The number of ether oxygens (including phenoxy) is 1. The Kier molecular flexibility index (Phi) is 5.82. The Hall–Kier alpha value is -4.03. The molecule has 2 aromatic heterocycles. The predicted molar refractivity (Wildman–Crippen MR) is 127 cm³/mol. The van der Waals surface area contributed by atoms with Gasteiger partial charge >= 0.3 is 0 Å². The fraction of sp³-hybridized carbons (Fsp3) is 0.107. The fourth-order valence-corrected chi connectivity index (χ4v) is 4.22. The number of rotatable bonds is 6. The lowest BCUT2D eigenvalue weighted by Gasteiger charge is -2.19. The number of benzene rings is 3. The molecule has 0 aliphatic carbocycles. The lowest BCUT2D eigenvalue weighted by atomic mass is 9.96. The number of aromatic nitrogens is 2. The van der Waals surface area contributed by atoms with E-state index in [-0.39, 0.29) is 24.1 Å². The molecule has 34 heavy (non-hydrogen) atoms. The van der Waals surface area contributed by atoms with Crippen molar-refractivity contribution in [1.29, 1.82) is 0 Å². The standard InChI is InChI=1S/C28H22F2N2O2/c1-32-16-25(24-13-14-31-28(33)26(24)32)27(34-17-18-5-9-22(29)10-6-18)21-4-2-3-20(15-21)19-7-11-23(30)12-8-19/h2-16,27H,17H2,1H3,(H,31,33). The molecule has 0 saturated heterocycles. The van der Waals surface area contributed by atoms with Gasteiger partial charge in [0.05, 0.1) is 6.61 Å². The molecular weight excluding hydrogens is 434 g/mol. The Labute approximate surface area is 195 Å². The van der Waals surface area contributed by atoms with Gasteiger partial charge in [-0.15, -0.1) is 0 Å². The first kappa shape index (κ1) is 21.8. The number of aryl methyl sites for hydroxylation is 1. The van der Waals surface area contributed by atoms with Crippen molar-refractivity contribution in [3.8, 4) is 17.0 Å². The van der Waals surface area contributed by atoms with Crippen LogP contribution in [0.1, 0.15) is 22.8 Å². The van der Waals surface area contributed by atoms with E-state index in [1.165, 1.54) is 24.3 Å². The van der Waals surface area contributed by atoms with Crippen molar-refractivity contribution in [2.45, 2.75) is 12.7 Å². The van der Waals surface area contributed by atoms with Gasteiger partial charge in [0, 0.05) is 30.4 Å². The van der Waals surface area contributed by atoms with E-state index in [0.717, 1.165) is 33.2 Å². The first-order valence-electron chi connectivity index (χ1n) is 10.8. The second-order valence-electron chi connectivity index (χ2n) is 8.18. The predicted octanol–water partition coefficient (Wildman–Crippen LogP) is 6.53. The summed E-state index contributed by atoms with van der Waals surface area (Å²) in [6.45, 7) is 0.263. The molecule has 0 fully saturated rings. The maximum atomic E-state index is 13.4. The zero-order valence-electron chi connectivity index (χ0n) is 18.5. The maximum absolute atomic E-state index is 13.4. The highest BCUT2D eigenvalue weighted by atomic mass is 19.1. The molecule has 0 saturated carbocycles. The summed E-state index contributed by atoms with van der Waals surface area (Å²) in [5.74, 6) is -0.641. The van der Waals surface area contributed by atoms with Crippen LogP contribution in [0.15, 0.2) is 91.3 Å². The van der Waals surface area contributed by atoms with Crippen molar-refractivity contribution < 1.29 is 18.6 Å². The molecule has 0 aliphatic rings. The van der Waals surface area contributed by atoms with Gasteiger partial charge in [-0.2, -0.15) is 0 Å². The van der Waals surface area contributed by atoms with E-state index < -0.39 is 6.10 Å². The smallest absolute Gasteiger partial charge is 0.236 e. The quantitative estimate of drug-likeness (QED) is 0.316. The molecule has 170 valence electrons. The number of fused-ring (bicyclic) bond motifs is 1. The summed E-state index contributed by atoms with van der Waals surface area (Å²) in [7, 11) is 1.85. The Morgan fingerprint density at radius 1 is 0.912 bits per heavy atom. The van der Waals surface area contributed by atoms with E-state index in [1.807, 2.05) is 48.1 Å². The Balaban J connectivity index is 1.59. The first-order chi connectivity index (χ1) is 16.5. The zero-order valence-corrected chi connectivity index (χ0v) is 18.5. The van der Waals surface area contributed by atoms with Gasteiger partial charge < -0.3 is 14.4 Å². The summed E-state index contributed by atoms with van der Waals surface area (Å²) in [4.78, 5) is 4.00. The third-order valence-electron chi connectivity index (χ3n) is 5.88. The summed E-state index contributed by atoms with van der Waals surface area (Å²) in [6, 6.07) is 22.3. The average Bonchev–Trinajstić information content (AvgIpc) is 3.18. The van der Waals surface area contributed by atoms with Crippen molar-refractivity contribution in [2.75, 3.05) is 0 Å². The van der Waals surface area contributed by atoms with Gasteiger partial charge in [-0.05, 0) is 58.7 Å². The lowest BCUT2D eigenvalue weighted by molar-refractivity contribution is 0.0675. The minimum atomic E-state index is -0.476. The highest BCUT2D eigenvalue weighted by molar-refractivity contribution is 5.88. The number of hydrogen-bond donors (Lipinski definition) is 1. The highest BCUT2D eigenvalue weighted by Crippen LogP contribution is 2.37. The molecule has 5 aromatic rings. The minimum Gasteiger partial charge on any atom is -0.492 e. The van der Waals surface area contributed by atoms with Crippen molar-refractivity contribution in [1.82, 2.24) is 9.55 Å². The number of hydrogen-bond acceptors (Lipinski definition) is 3. The zero-order chi connectivity index (χ0) is 23.7. The average molecular weight is 456 g/mol. The molecule has 0 bridgehead atoms. The van der Waals surface area contributed by atoms with Crippen LogP contribution in [0.5, 0.6) is 5.88 Å². The monoisotopic (exact) mass is 456 g/mol. The van der Waals surface area contributed by atoms with Crippen LogP contribution in [0.2, 0.25) is 0 Å². The van der Waals surface area contributed by atoms with Gasteiger partial charge in [-0.1, -0.05) is 42.5 Å². The lowest BCUT2D eigenvalue weighted by Crippen LogP contribution is -2.07. The molecule has 0 spiro atoms. The molecule has 1 unspecified atom stereocenters. The van der Waals surface area contributed by atoms with E-state index in [2.05, 4.69) is 4.98 Å². The van der Waals surface area contributed by atoms with Gasteiger partial charge in [-0.25, -0.2) is 13.8 Å². The summed E-state index contributed by atoms with van der Waals surface area (Å²) in [6.07, 6.45) is 3.01. The van der Waals surface area contributed by atoms with Crippen molar-refractivity contribution >= 4 is 10.9 Å². The van der Waals surface area contributed by atoms with Crippen LogP contribution in [0.4, 0.5) is 8.78 Å². The molecule has 5 rings (SSSR count). The van der Waals surface area contributed by atoms with Gasteiger partial charge in [0.2, 0.25) is 5.88 Å². The molecule has 0 radical (unpaired) electrons. The van der Waals surface area contributed by atoms with Crippen LogP contribution in [0.3, 0.4) is 0 Å². The van der Waals surface area contributed by atoms with E-state index in [1.54, 1.807) is 30.5 Å². The normalized spacial score (nSPS) is 12.2. The van der Waals surface area contributed by atoms with E-state index >= 15 is 0 Å². The van der Waals surface area contributed by atoms with Crippen LogP contribution in [-0.2, 0) is 18.4 Å². The molecule has 0 amide bonds. The van der Waals surface area contributed by atoms with Crippen LogP contribution in [0.25, 0.3) is 22.0 Å². The van der Waals surface area contributed by atoms with Crippen molar-refractivity contribution in [2.24, 2.45) is 7.05 Å². The van der Waals surface area contributed by atoms with E-state index in [0.29, 0.717) is 5.52 Å². The summed E-state index contributed by atoms with van der Waals surface area (Å²) in [5.41, 5.74) is 5.03. The van der Waals surface area contributed by atoms with Crippen LogP contribution in [-0.4, -0.2) is 14.7 Å². The topological polar surface area (TPSA) is 47.3 Å². The number of halogens is 2. The first-order valence-corrected chi connectivity index (χ1v) is 10.8. The number of pyridine rings is 1. The summed E-state index contributed by atoms with van der Waals surface area (Å²) in [5, 5.41) is 11.2. The van der Waals surface area contributed by atoms with Gasteiger partial charge in [-0.3, -0.25) is 0 Å². The second-order valence-corrected chi connectivity index (χ2v) is 8.18. The molecule has 2 heterocycles. The van der Waals surface area contributed by atoms with Gasteiger partial charge in [0.15, 0.2) is 0 Å². The Morgan fingerprint density at radius 2 is 1.62 bits per heavy atom. The Morgan fingerprint density at radius 3 is 2.35 bits per heavy atom. The van der Waals surface area contributed by atoms with Gasteiger partial charge in [0.25, 0.3) is 0 Å². The molecule has 0 aliphatic heterocycles. The number of nitrogens with zero attached hydrogens (tertiary/aromatic N) is 2. The number of aromatic hydroxyl groups is 1. The molecule has 3 aromatic carbocycles. The van der Waals surface area contributed by atoms with E-state index in [9.17, 15) is 13.9 Å². The van der Waals surface area contributed by atoms with Crippen molar-refractivity contribution in [3.63, 3.8) is 0 Å². The van der Waals surface area contributed by atoms with Crippen molar-refractivity contribution in [3.05, 3.63) is 120 Å². The molecule has 1 atom stereocenters. The largest absolute Gasteiger partial charge is 0.492 e.